The summed E-state index contributed by atoms with van der Waals surface area (Å²) in [4.78, 5) is 48.0. The van der Waals surface area contributed by atoms with Crippen LogP contribution in [0.2, 0.25) is 0 Å². The first-order valence-electron chi connectivity index (χ1n) is 10.2. The summed E-state index contributed by atoms with van der Waals surface area (Å²) in [5, 5.41) is 3.07. The highest BCUT2D eigenvalue weighted by Gasteiger charge is 2.40. The molecule has 2 heterocycles. The second-order valence-electron chi connectivity index (χ2n) is 7.71. The Morgan fingerprint density at radius 2 is 1.40 bits per heavy atom. The van der Waals surface area contributed by atoms with Crippen molar-refractivity contribution in [3.63, 3.8) is 0 Å². The summed E-state index contributed by atoms with van der Waals surface area (Å²) >= 11 is 0. The molecule has 150 valence electrons. The van der Waals surface area contributed by atoms with E-state index >= 15 is 0 Å². The first-order valence-corrected chi connectivity index (χ1v) is 10.2. The van der Waals surface area contributed by atoms with Gasteiger partial charge in [-0.1, -0.05) is 31.4 Å². The summed E-state index contributed by atoms with van der Waals surface area (Å²) in [6.07, 6.45) is 5.52. The van der Waals surface area contributed by atoms with Gasteiger partial charge in [-0.2, -0.15) is 0 Å². The van der Waals surface area contributed by atoms with Gasteiger partial charge < -0.3 is 5.32 Å². The second kappa shape index (κ2) is 7.33. The number of benzene rings is 2. The van der Waals surface area contributed by atoms with Crippen LogP contribution in [0.5, 0.6) is 0 Å². The molecule has 0 bridgehead atoms. The molecule has 1 aliphatic heterocycles. The van der Waals surface area contributed by atoms with Gasteiger partial charge in [-0.25, -0.2) is 14.9 Å². The maximum atomic E-state index is 12.9. The number of anilines is 1. The molecule has 5 rings (SSSR count). The van der Waals surface area contributed by atoms with Gasteiger partial charge in [-0.05, 0) is 49.2 Å². The third-order valence-electron chi connectivity index (χ3n) is 5.71. The molecule has 1 saturated carbocycles. The highest BCUT2D eigenvalue weighted by molar-refractivity contribution is 6.33. The Morgan fingerprint density at radius 3 is 1.97 bits per heavy atom. The van der Waals surface area contributed by atoms with E-state index in [1.165, 1.54) is 6.42 Å². The van der Waals surface area contributed by atoms with Crippen molar-refractivity contribution < 1.29 is 14.4 Å². The lowest BCUT2D eigenvalue weighted by Crippen LogP contribution is -2.36. The van der Waals surface area contributed by atoms with Crippen molar-refractivity contribution in [3.8, 4) is 0 Å². The van der Waals surface area contributed by atoms with Gasteiger partial charge in [0.2, 0.25) is 0 Å². The van der Waals surface area contributed by atoms with Crippen LogP contribution in [-0.2, 0) is 0 Å². The molecule has 0 atom stereocenters. The number of amides is 3. The minimum absolute atomic E-state index is 0.0535. The third-order valence-corrected chi connectivity index (χ3v) is 5.71. The van der Waals surface area contributed by atoms with Crippen LogP contribution in [0, 0.1) is 0 Å². The Balaban J connectivity index is 1.39. The Kier molecular flexibility index (Phi) is 4.50. The van der Waals surface area contributed by atoms with Crippen LogP contribution in [0.3, 0.4) is 0 Å². The number of carbonyl (C=O) groups excluding carboxylic acids is 3. The number of rotatable bonds is 3. The van der Waals surface area contributed by atoms with Crippen molar-refractivity contribution >= 4 is 34.4 Å². The van der Waals surface area contributed by atoms with Crippen LogP contribution >= 0.6 is 0 Å². The van der Waals surface area contributed by atoms with E-state index in [1.54, 1.807) is 48.5 Å². The van der Waals surface area contributed by atoms with Crippen molar-refractivity contribution in [2.24, 2.45) is 0 Å². The van der Waals surface area contributed by atoms with Crippen LogP contribution in [0.15, 0.2) is 48.5 Å². The van der Waals surface area contributed by atoms with Crippen molar-refractivity contribution in [2.45, 2.75) is 38.1 Å². The number of nitrogens with one attached hydrogen (secondary N) is 1. The van der Waals surface area contributed by atoms with Gasteiger partial charge in [0.1, 0.15) is 0 Å². The molecule has 0 spiro atoms. The lowest BCUT2D eigenvalue weighted by atomic mass is 9.95. The lowest BCUT2D eigenvalue weighted by molar-refractivity contribution is 0.0915. The van der Waals surface area contributed by atoms with E-state index in [9.17, 15) is 14.4 Å². The fourth-order valence-electron chi connectivity index (χ4n) is 4.11. The van der Waals surface area contributed by atoms with E-state index in [-0.39, 0.29) is 23.3 Å². The SMILES string of the molecule is O=C(NC1CCCCC1)c1ccc(N2C(=O)c3nc4ccccc4nc3C2=O)cc1. The van der Waals surface area contributed by atoms with E-state index < -0.39 is 11.8 Å². The maximum Gasteiger partial charge on any atom is 0.286 e. The zero-order valence-corrected chi connectivity index (χ0v) is 16.3. The predicted octanol–water partition coefficient (Wildman–Crippen LogP) is 3.49. The van der Waals surface area contributed by atoms with E-state index in [4.69, 9.17) is 0 Å². The molecule has 0 unspecified atom stereocenters. The molecule has 1 aliphatic carbocycles. The first-order chi connectivity index (χ1) is 14.6. The normalized spacial score (nSPS) is 16.7. The minimum atomic E-state index is -0.507. The molecule has 0 saturated heterocycles. The molecule has 3 amide bonds. The molecule has 2 aromatic carbocycles. The quantitative estimate of drug-likeness (QED) is 0.680. The Morgan fingerprint density at radius 1 is 0.833 bits per heavy atom. The van der Waals surface area contributed by atoms with Crippen molar-refractivity contribution in [2.75, 3.05) is 4.90 Å². The Hall–Kier alpha value is -3.61. The van der Waals surface area contributed by atoms with Gasteiger partial charge in [-0.3, -0.25) is 14.4 Å². The smallest absolute Gasteiger partial charge is 0.286 e. The molecule has 2 aliphatic rings. The largest absolute Gasteiger partial charge is 0.349 e. The second-order valence-corrected chi connectivity index (χ2v) is 7.71. The van der Waals surface area contributed by atoms with Gasteiger partial charge in [-0.15, -0.1) is 0 Å². The van der Waals surface area contributed by atoms with E-state index in [0.717, 1.165) is 30.6 Å². The van der Waals surface area contributed by atoms with Gasteiger partial charge in [0.05, 0.1) is 16.7 Å². The third kappa shape index (κ3) is 3.12. The zero-order chi connectivity index (χ0) is 20.7. The van der Waals surface area contributed by atoms with Gasteiger partial charge in [0, 0.05) is 11.6 Å². The average Bonchev–Trinajstić information content (AvgIpc) is 3.02. The minimum Gasteiger partial charge on any atom is -0.349 e. The molecule has 1 fully saturated rings. The molecular weight excluding hydrogens is 380 g/mol. The summed E-state index contributed by atoms with van der Waals surface area (Å²) in [6.45, 7) is 0. The highest BCUT2D eigenvalue weighted by Crippen LogP contribution is 2.28. The van der Waals surface area contributed by atoms with E-state index in [0.29, 0.717) is 22.3 Å². The number of hydrogen-bond donors (Lipinski definition) is 1. The van der Waals surface area contributed by atoms with Gasteiger partial charge >= 0.3 is 0 Å². The van der Waals surface area contributed by atoms with Gasteiger partial charge in [0.15, 0.2) is 11.4 Å². The standard InChI is InChI=1S/C23H20N4O3/c28-21(24-15-6-2-1-3-7-15)14-10-12-16(13-11-14)27-22(29)19-20(23(27)30)26-18-9-5-4-8-17(18)25-19/h4-5,8-13,15H,1-3,6-7H2,(H,24,28). The molecular formula is C23H20N4O3. The van der Waals surface area contributed by atoms with Gasteiger partial charge in [0.25, 0.3) is 17.7 Å². The summed E-state index contributed by atoms with van der Waals surface area (Å²) < 4.78 is 0. The van der Waals surface area contributed by atoms with Crippen LogP contribution in [0.25, 0.3) is 11.0 Å². The predicted molar refractivity (Wildman–Crippen MR) is 111 cm³/mol. The van der Waals surface area contributed by atoms with Crippen molar-refractivity contribution in [3.05, 3.63) is 65.5 Å². The Bertz CT molecular complexity index is 1110. The fourth-order valence-corrected chi connectivity index (χ4v) is 4.11. The monoisotopic (exact) mass is 400 g/mol. The number of aromatic nitrogens is 2. The average molecular weight is 400 g/mol. The lowest BCUT2D eigenvalue weighted by Gasteiger charge is -2.22. The number of para-hydroxylation sites is 2. The van der Waals surface area contributed by atoms with Crippen LogP contribution in [-0.4, -0.2) is 33.7 Å². The Labute approximate surface area is 173 Å². The van der Waals surface area contributed by atoms with Crippen LogP contribution < -0.4 is 10.2 Å². The fraction of sp³-hybridized carbons (Fsp3) is 0.261. The van der Waals surface area contributed by atoms with Crippen LogP contribution in [0.1, 0.15) is 63.4 Å². The van der Waals surface area contributed by atoms with E-state index in [2.05, 4.69) is 15.3 Å². The molecule has 0 radical (unpaired) electrons. The summed E-state index contributed by atoms with van der Waals surface area (Å²) in [7, 11) is 0. The summed E-state index contributed by atoms with van der Waals surface area (Å²) in [6, 6.07) is 13.8. The molecule has 30 heavy (non-hydrogen) atoms. The molecule has 1 aromatic heterocycles. The first kappa shape index (κ1) is 18.4. The number of hydrogen-bond acceptors (Lipinski definition) is 5. The van der Waals surface area contributed by atoms with Crippen molar-refractivity contribution in [1.29, 1.82) is 0 Å². The molecule has 7 nitrogen and oxygen atoms in total. The number of fused-ring (bicyclic) bond motifs is 2. The van der Waals surface area contributed by atoms with E-state index in [1.807, 2.05) is 0 Å². The molecule has 3 aromatic rings. The number of imide groups is 1. The topological polar surface area (TPSA) is 92.3 Å². The van der Waals surface area contributed by atoms with Crippen molar-refractivity contribution in [1.82, 2.24) is 15.3 Å². The number of carbonyl (C=O) groups is 3. The molecule has 7 heteroatoms. The highest BCUT2D eigenvalue weighted by atomic mass is 16.2. The summed E-state index contributed by atoms with van der Waals surface area (Å²) in [5.74, 6) is -1.15. The maximum absolute atomic E-state index is 12.9. The summed E-state index contributed by atoms with van der Waals surface area (Å²) in [5.41, 5.74) is 2.13. The van der Waals surface area contributed by atoms with Crippen LogP contribution in [0.4, 0.5) is 5.69 Å². The number of nitrogens with zero attached hydrogens (tertiary/aromatic N) is 3. The molecule has 1 N–H and O–H groups in total. The zero-order valence-electron chi connectivity index (χ0n) is 16.3.